The average Bonchev–Trinajstić information content (AvgIpc) is 2.77. The minimum Gasteiger partial charge on any atom is -0.497 e. The Bertz CT molecular complexity index is 915. The zero-order valence-corrected chi connectivity index (χ0v) is 17.1. The van der Waals surface area contributed by atoms with Gasteiger partial charge in [-0.2, -0.15) is 0 Å². The van der Waals surface area contributed by atoms with Crippen LogP contribution in [0.15, 0.2) is 60.3 Å². The highest BCUT2D eigenvalue weighted by Crippen LogP contribution is 2.35. The Kier molecular flexibility index (Phi) is 6.44. The molecule has 0 atom stereocenters. The lowest BCUT2D eigenvalue weighted by Crippen LogP contribution is -2.38. The number of hydrogen-bond donors (Lipinski definition) is 2. The van der Waals surface area contributed by atoms with Crippen LogP contribution in [0.2, 0.25) is 0 Å². The van der Waals surface area contributed by atoms with Gasteiger partial charge in [0.05, 0.1) is 25.5 Å². The monoisotopic (exact) mass is 393 g/mol. The lowest BCUT2D eigenvalue weighted by atomic mass is 9.92. The second-order valence-corrected chi connectivity index (χ2v) is 6.77. The molecule has 1 heterocycles. The first kappa shape index (κ1) is 20.3. The zero-order chi connectivity index (χ0) is 20.8. The molecule has 0 spiro atoms. The second-order valence-electron chi connectivity index (χ2n) is 6.77. The van der Waals surface area contributed by atoms with Crippen molar-refractivity contribution in [3.63, 3.8) is 0 Å². The van der Waals surface area contributed by atoms with Gasteiger partial charge in [-0.3, -0.25) is 15.2 Å². The van der Waals surface area contributed by atoms with Crippen LogP contribution in [0.5, 0.6) is 11.5 Å². The normalized spacial score (nSPS) is 13.6. The van der Waals surface area contributed by atoms with Crippen molar-refractivity contribution in [1.29, 1.82) is 0 Å². The summed E-state index contributed by atoms with van der Waals surface area (Å²) in [5, 5.41) is 1.93. The first-order valence-electron chi connectivity index (χ1n) is 9.65. The van der Waals surface area contributed by atoms with Crippen molar-refractivity contribution in [2.75, 3.05) is 20.8 Å². The summed E-state index contributed by atoms with van der Waals surface area (Å²) in [4.78, 5) is 12.4. The molecule has 0 saturated heterocycles. The topological polar surface area (TPSA) is 76.8 Å². The largest absolute Gasteiger partial charge is 0.497 e. The molecule has 0 unspecified atom stereocenters. The van der Waals surface area contributed by atoms with Gasteiger partial charge in [-0.15, -0.1) is 0 Å². The summed E-state index contributed by atoms with van der Waals surface area (Å²) in [6.45, 7) is 2.90. The van der Waals surface area contributed by atoms with Gasteiger partial charge in [0.15, 0.2) is 0 Å². The molecule has 1 aliphatic heterocycles. The molecule has 2 aromatic rings. The number of nitrogens with two attached hydrogens (primary N) is 1. The Hall–Kier alpha value is -3.41. The van der Waals surface area contributed by atoms with E-state index < -0.39 is 5.91 Å². The van der Waals surface area contributed by atoms with Crippen LogP contribution in [0.4, 0.5) is 0 Å². The van der Waals surface area contributed by atoms with Crippen molar-refractivity contribution < 1.29 is 14.3 Å². The molecule has 3 rings (SSSR count). The van der Waals surface area contributed by atoms with Crippen LogP contribution < -0.4 is 20.6 Å². The first-order valence-corrected chi connectivity index (χ1v) is 9.65. The summed E-state index contributed by atoms with van der Waals surface area (Å²) in [6, 6.07) is 15.3. The molecule has 152 valence electrons. The van der Waals surface area contributed by atoms with Crippen LogP contribution in [0, 0.1) is 0 Å². The van der Waals surface area contributed by atoms with E-state index in [2.05, 4.69) is 12.3 Å². The van der Waals surface area contributed by atoms with Gasteiger partial charge < -0.3 is 15.2 Å². The highest BCUT2D eigenvalue weighted by Gasteiger charge is 2.25. The van der Waals surface area contributed by atoms with Crippen LogP contribution in [-0.4, -0.2) is 31.7 Å². The molecule has 0 saturated carbocycles. The highest BCUT2D eigenvalue weighted by molar-refractivity contribution is 6.14. The van der Waals surface area contributed by atoms with Gasteiger partial charge in [-0.1, -0.05) is 25.5 Å². The average molecular weight is 393 g/mol. The molecule has 0 radical (unpaired) electrons. The third-order valence-electron chi connectivity index (χ3n) is 4.84. The predicted octanol–water partition coefficient (Wildman–Crippen LogP) is 3.56. The van der Waals surface area contributed by atoms with Gasteiger partial charge in [0, 0.05) is 23.9 Å². The summed E-state index contributed by atoms with van der Waals surface area (Å²) >= 11 is 0. The molecule has 6 nitrogen and oxygen atoms in total. The summed E-state index contributed by atoms with van der Waals surface area (Å²) in [6.07, 6.45) is 3.83. The Morgan fingerprint density at radius 3 is 2.00 bits per heavy atom. The lowest BCUT2D eigenvalue weighted by Gasteiger charge is -2.32. The highest BCUT2D eigenvalue weighted by atomic mass is 16.5. The molecule has 0 fully saturated rings. The zero-order valence-electron chi connectivity index (χ0n) is 17.1. The smallest absolute Gasteiger partial charge is 0.250 e. The number of hydrazine groups is 1. The van der Waals surface area contributed by atoms with E-state index in [1.165, 1.54) is 0 Å². The standard InChI is InChI=1S/C23H27N3O3/c1-4-5-14-26-15-20(23(24)27)21(16-6-10-18(28-2)11-7-16)22(25-26)17-8-12-19(29-3)13-9-17/h6-13,15,25H,4-5,14H2,1-3H3,(H2,24,27). The molecular weight excluding hydrogens is 366 g/mol. The molecule has 6 heteroatoms. The van der Waals surface area contributed by atoms with Crippen molar-refractivity contribution in [3.05, 3.63) is 71.4 Å². The van der Waals surface area contributed by atoms with Crippen molar-refractivity contribution >= 4 is 17.2 Å². The number of benzene rings is 2. The summed E-state index contributed by atoms with van der Waals surface area (Å²) in [5.41, 5.74) is 13.1. The number of carbonyl (C=O) groups is 1. The maximum absolute atomic E-state index is 12.4. The van der Waals surface area contributed by atoms with Crippen LogP contribution in [0.1, 0.15) is 30.9 Å². The number of unbranched alkanes of at least 4 members (excludes halogenated alkanes) is 1. The quantitative estimate of drug-likeness (QED) is 0.717. The molecule has 1 aliphatic rings. The number of nitrogens with zero attached hydrogens (tertiary/aromatic N) is 1. The molecule has 0 bridgehead atoms. The van der Waals surface area contributed by atoms with E-state index in [9.17, 15) is 4.79 Å². The van der Waals surface area contributed by atoms with E-state index in [0.29, 0.717) is 5.57 Å². The Balaban J connectivity index is 2.15. The van der Waals surface area contributed by atoms with E-state index in [1.54, 1.807) is 20.4 Å². The molecular formula is C23H27N3O3. The minimum absolute atomic E-state index is 0.468. The third-order valence-corrected chi connectivity index (χ3v) is 4.84. The maximum atomic E-state index is 12.4. The van der Waals surface area contributed by atoms with Gasteiger partial charge in [0.2, 0.25) is 0 Å². The number of ether oxygens (including phenoxy) is 2. The Morgan fingerprint density at radius 2 is 1.52 bits per heavy atom. The first-order chi connectivity index (χ1) is 14.1. The van der Waals surface area contributed by atoms with E-state index in [1.807, 2.05) is 53.5 Å². The fourth-order valence-corrected chi connectivity index (χ4v) is 3.25. The van der Waals surface area contributed by atoms with Crippen molar-refractivity contribution in [3.8, 4) is 11.5 Å². The van der Waals surface area contributed by atoms with E-state index in [-0.39, 0.29) is 0 Å². The molecule has 29 heavy (non-hydrogen) atoms. The van der Waals surface area contributed by atoms with Gasteiger partial charge in [0.1, 0.15) is 11.5 Å². The number of primary amides is 1. The van der Waals surface area contributed by atoms with E-state index in [0.717, 1.165) is 53.3 Å². The van der Waals surface area contributed by atoms with Crippen LogP contribution >= 0.6 is 0 Å². The SMILES string of the molecule is CCCCN1C=C(C(N)=O)C(c2ccc(OC)cc2)=C(c2ccc(OC)cc2)N1. The minimum atomic E-state index is -0.468. The number of nitrogens with one attached hydrogen (secondary N) is 1. The predicted molar refractivity (Wildman–Crippen MR) is 115 cm³/mol. The Morgan fingerprint density at radius 1 is 0.966 bits per heavy atom. The number of carbonyl (C=O) groups excluding carboxylic acids is 1. The number of amides is 1. The van der Waals surface area contributed by atoms with Crippen LogP contribution in [-0.2, 0) is 4.79 Å². The maximum Gasteiger partial charge on any atom is 0.250 e. The number of hydrogen-bond acceptors (Lipinski definition) is 5. The molecule has 2 aromatic carbocycles. The Labute approximate surface area is 171 Å². The fourth-order valence-electron chi connectivity index (χ4n) is 3.25. The van der Waals surface area contributed by atoms with Gasteiger partial charge in [0.25, 0.3) is 5.91 Å². The van der Waals surface area contributed by atoms with Crippen molar-refractivity contribution in [1.82, 2.24) is 10.4 Å². The van der Waals surface area contributed by atoms with Crippen molar-refractivity contribution in [2.24, 2.45) is 5.73 Å². The summed E-state index contributed by atoms with van der Waals surface area (Å²) < 4.78 is 10.5. The number of methoxy groups -OCH3 is 2. The van der Waals surface area contributed by atoms with Gasteiger partial charge in [-0.05, 0) is 48.4 Å². The second kappa shape index (κ2) is 9.19. The summed E-state index contributed by atoms with van der Waals surface area (Å²) in [7, 11) is 3.26. The van der Waals surface area contributed by atoms with E-state index >= 15 is 0 Å². The van der Waals surface area contributed by atoms with Gasteiger partial charge in [-0.25, -0.2) is 0 Å². The van der Waals surface area contributed by atoms with Crippen molar-refractivity contribution in [2.45, 2.75) is 19.8 Å². The summed E-state index contributed by atoms with van der Waals surface area (Å²) in [5.74, 6) is 1.05. The van der Waals surface area contributed by atoms with Crippen LogP contribution in [0.25, 0.3) is 11.3 Å². The van der Waals surface area contributed by atoms with Crippen LogP contribution in [0.3, 0.4) is 0 Å². The lowest BCUT2D eigenvalue weighted by molar-refractivity contribution is -0.114. The third kappa shape index (κ3) is 4.54. The molecule has 0 aliphatic carbocycles. The molecule has 0 aromatic heterocycles. The number of rotatable bonds is 8. The van der Waals surface area contributed by atoms with Gasteiger partial charge >= 0.3 is 0 Å². The fraction of sp³-hybridized carbons (Fsp3) is 0.261. The molecule has 3 N–H and O–H groups in total. The molecule has 1 amide bonds. The van der Waals surface area contributed by atoms with E-state index in [4.69, 9.17) is 15.2 Å².